The normalized spacial score (nSPS) is 26.7. The van der Waals surface area contributed by atoms with Gasteiger partial charge in [-0.3, -0.25) is 0 Å². The van der Waals surface area contributed by atoms with Crippen LogP contribution in [0.15, 0.2) is 24.6 Å². The largest absolute Gasteiger partial charge is 0.390 e. The second-order valence-corrected chi connectivity index (χ2v) is 2.66. The van der Waals surface area contributed by atoms with Crippen molar-refractivity contribution < 1.29 is 0 Å². The molecule has 0 radical (unpaired) electrons. The standard InChI is InChI=1S/C7H10N2/c1-3-8-5-7(1)2-4-9-6-7/h1-4,8-9H,5-6H2. The maximum absolute atomic E-state index is 3.18. The topological polar surface area (TPSA) is 24.1 Å². The molecule has 0 fully saturated rings. The highest BCUT2D eigenvalue weighted by Crippen LogP contribution is 2.25. The summed E-state index contributed by atoms with van der Waals surface area (Å²) in [5, 5.41) is 6.37. The van der Waals surface area contributed by atoms with Gasteiger partial charge in [-0.1, -0.05) is 12.2 Å². The van der Waals surface area contributed by atoms with Crippen molar-refractivity contribution in [3.05, 3.63) is 24.6 Å². The Bertz CT molecular complexity index is 150. The van der Waals surface area contributed by atoms with Crippen molar-refractivity contribution >= 4 is 0 Å². The highest BCUT2D eigenvalue weighted by molar-refractivity contribution is 5.21. The Morgan fingerprint density at radius 2 is 1.56 bits per heavy atom. The maximum Gasteiger partial charge on any atom is 0.0440 e. The van der Waals surface area contributed by atoms with Crippen molar-refractivity contribution in [2.45, 2.75) is 0 Å². The van der Waals surface area contributed by atoms with Gasteiger partial charge in [0.05, 0.1) is 0 Å². The lowest BCUT2D eigenvalue weighted by molar-refractivity contribution is 0.520. The number of hydrogen-bond donors (Lipinski definition) is 2. The summed E-state index contributed by atoms with van der Waals surface area (Å²) in [6.45, 7) is 2.10. The van der Waals surface area contributed by atoms with E-state index in [4.69, 9.17) is 0 Å². The van der Waals surface area contributed by atoms with Gasteiger partial charge in [-0.05, 0) is 12.4 Å². The van der Waals surface area contributed by atoms with Crippen molar-refractivity contribution in [3.63, 3.8) is 0 Å². The average molecular weight is 122 g/mol. The van der Waals surface area contributed by atoms with E-state index >= 15 is 0 Å². The Morgan fingerprint density at radius 3 is 1.89 bits per heavy atom. The summed E-state index contributed by atoms with van der Waals surface area (Å²) in [7, 11) is 0. The van der Waals surface area contributed by atoms with Crippen LogP contribution in [0.2, 0.25) is 0 Å². The summed E-state index contributed by atoms with van der Waals surface area (Å²) < 4.78 is 0. The van der Waals surface area contributed by atoms with Gasteiger partial charge in [0, 0.05) is 18.5 Å². The predicted octanol–water partition coefficient (Wildman–Crippen LogP) is 0.207. The molecule has 2 N–H and O–H groups in total. The quantitative estimate of drug-likeness (QED) is 0.480. The first-order chi connectivity index (χ1) is 4.41. The fourth-order valence-corrected chi connectivity index (χ4v) is 1.30. The van der Waals surface area contributed by atoms with E-state index in [1.165, 1.54) is 0 Å². The van der Waals surface area contributed by atoms with Gasteiger partial charge in [0.1, 0.15) is 0 Å². The second kappa shape index (κ2) is 1.53. The van der Waals surface area contributed by atoms with Crippen molar-refractivity contribution in [2.75, 3.05) is 13.1 Å². The van der Waals surface area contributed by atoms with Gasteiger partial charge in [-0.15, -0.1) is 0 Å². The molecule has 2 aliphatic heterocycles. The second-order valence-electron chi connectivity index (χ2n) is 2.66. The Kier molecular flexibility index (Phi) is 0.835. The fraction of sp³-hybridized carbons (Fsp3) is 0.429. The molecule has 2 heterocycles. The van der Waals surface area contributed by atoms with Crippen LogP contribution in [0, 0.1) is 5.41 Å². The summed E-state index contributed by atoms with van der Waals surface area (Å²) in [4.78, 5) is 0. The van der Waals surface area contributed by atoms with Crippen LogP contribution in [-0.2, 0) is 0 Å². The Morgan fingerprint density at radius 1 is 1.00 bits per heavy atom. The molecule has 0 atom stereocenters. The van der Waals surface area contributed by atoms with Gasteiger partial charge in [-0.25, -0.2) is 0 Å². The first-order valence-corrected chi connectivity index (χ1v) is 3.24. The molecule has 48 valence electrons. The molecular weight excluding hydrogens is 112 g/mol. The van der Waals surface area contributed by atoms with Crippen LogP contribution >= 0.6 is 0 Å². The van der Waals surface area contributed by atoms with E-state index in [1.54, 1.807) is 0 Å². The molecule has 0 saturated carbocycles. The molecule has 0 amide bonds. The molecule has 2 heteroatoms. The number of hydrogen-bond acceptors (Lipinski definition) is 2. The number of nitrogens with one attached hydrogen (secondary N) is 2. The van der Waals surface area contributed by atoms with Gasteiger partial charge in [0.2, 0.25) is 0 Å². The van der Waals surface area contributed by atoms with Crippen LogP contribution in [0.3, 0.4) is 0 Å². The van der Waals surface area contributed by atoms with Crippen LogP contribution in [0.1, 0.15) is 0 Å². The van der Waals surface area contributed by atoms with Crippen molar-refractivity contribution in [1.29, 1.82) is 0 Å². The highest BCUT2D eigenvalue weighted by Gasteiger charge is 2.28. The molecule has 2 nitrogen and oxygen atoms in total. The monoisotopic (exact) mass is 122 g/mol. The van der Waals surface area contributed by atoms with E-state index in [-0.39, 0.29) is 0 Å². The lowest BCUT2D eigenvalue weighted by atomic mass is 9.92. The fourth-order valence-electron chi connectivity index (χ4n) is 1.30. The maximum atomic E-state index is 3.18. The molecule has 2 aliphatic rings. The minimum atomic E-state index is 0.306. The first-order valence-electron chi connectivity index (χ1n) is 3.24. The molecule has 0 unspecified atom stereocenters. The Hall–Kier alpha value is -0.920. The molecule has 2 rings (SSSR count). The molecule has 9 heavy (non-hydrogen) atoms. The summed E-state index contributed by atoms with van der Waals surface area (Å²) in [6, 6.07) is 0. The molecule has 0 aromatic rings. The van der Waals surface area contributed by atoms with Gasteiger partial charge in [-0.2, -0.15) is 0 Å². The van der Waals surface area contributed by atoms with Crippen molar-refractivity contribution in [2.24, 2.45) is 5.41 Å². The van der Waals surface area contributed by atoms with Gasteiger partial charge in [0.15, 0.2) is 0 Å². The van der Waals surface area contributed by atoms with Crippen LogP contribution in [-0.4, -0.2) is 13.1 Å². The summed E-state index contributed by atoms with van der Waals surface area (Å²) in [5.74, 6) is 0. The minimum Gasteiger partial charge on any atom is -0.390 e. The molecular formula is C7H10N2. The number of rotatable bonds is 0. The van der Waals surface area contributed by atoms with E-state index in [1.807, 2.05) is 12.4 Å². The molecule has 0 bridgehead atoms. The Labute approximate surface area is 54.6 Å². The SMILES string of the molecule is C1=CC2(C=CNC2)CN1. The van der Waals surface area contributed by atoms with Crippen LogP contribution in [0.25, 0.3) is 0 Å². The highest BCUT2D eigenvalue weighted by atomic mass is 15.0. The van der Waals surface area contributed by atoms with E-state index in [0.29, 0.717) is 5.41 Å². The molecule has 0 aromatic carbocycles. The zero-order valence-electron chi connectivity index (χ0n) is 5.22. The molecule has 1 spiro atoms. The third kappa shape index (κ3) is 0.626. The summed E-state index contributed by atoms with van der Waals surface area (Å²) >= 11 is 0. The lowest BCUT2D eigenvalue weighted by Crippen LogP contribution is -2.27. The first kappa shape index (κ1) is 4.91. The molecule has 0 aliphatic carbocycles. The van der Waals surface area contributed by atoms with Gasteiger partial charge >= 0.3 is 0 Å². The average Bonchev–Trinajstić information content (AvgIpc) is 2.45. The molecule has 0 saturated heterocycles. The van der Waals surface area contributed by atoms with Gasteiger partial charge in [0.25, 0.3) is 0 Å². The molecule has 0 aromatic heterocycles. The van der Waals surface area contributed by atoms with Crippen LogP contribution < -0.4 is 10.6 Å². The van der Waals surface area contributed by atoms with E-state index in [0.717, 1.165) is 13.1 Å². The third-order valence-electron chi connectivity index (χ3n) is 1.93. The summed E-state index contributed by atoms with van der Waals surface area (Å²) in [6.07, 6.45) is 8.47. The predicted molar refractivity (Wildman–Crippen MR) is 36.7 cm³/mol. The summed E-state index contributed by atoms with van der Waals surface area (Å²) in [5.41, 5.74) is 0.306. The Balaban J connectivity index is 2.23. The van der Waals surface area contributed by atoms with Crippen molar-refractivity contribution in [3.8, 4) is 0 Å². The lowest BCUT2D eigenvalue weighted by Gasteiger charge is -2.15. The zero-order chi connectivity index (χ0) is 6.16. The minimum absolute atomic E-state index is 0.306. The van der Waals surface area contributed by atoms with E-state index < -0.39 is 0 Å². The van der Waals surface area contributed by atoms with Crippen LogP contribution in [0.5, 0.6) is 0 Å². The van der Waals surface area contributed by atoms with Crippen molar-refractivity contribution in [1.82, 2.24) is 10.6 Å². The zero-order valence-corrected chi connectivity index (χ0v) is 5.22. The van der Waals surface area contributed by atoms with Gasteiger partial charge < -0.3 is 10.6 Å². The van der Waals surface area contributed by atoms with E-state index in [2.05, 4.69) is 22.8 Å². The van der Waals surface area contributed by atoms with Crippen LogP contribution in [0.4, 0.5) is 0 Å². The smallest absolute Gasteiger partial charge is 0.0440 e. The van der Waals surface area contributed by atoms with E-state index in [9.17, 15) is 0 Å². The third-order valence-corrected chi connectivity index (χ3v) is 1.93.